The van der Waals surface area contributed by atoms with Gasteiger partial charge in [0.05, 0.1) is 0 Å². The highest BCUT2D eigenvalue weighted by Crippen LogP contribution is 2.29. The first-order valence-electron chi connectivity index (χ1n) is 13.8. The van der Waals surface area contributed by atoms with Gasteiger partial charge in [-0.2, -0.15) is 0 Å². The summed E-state index contributed by atoms with van der Waals surface area (Å²) >= 11 is 0. The number of hydrogen-bond donors (Lipinski definition) is 3. The normalized spacial score (nSPS) is 12.8. The smallest absolute Gasteiger partial charge is 0.408 e. The van der Waals surface area contributed by atoms with Crippen LogP contribution in [0.4, 0.5) is 10.5 Å². The van der Waals surface area contributed by atoms with Crippen molar-refractivity contribution in [1.82, 2.24) is 10.2 Å². The Bertz CT molecular complexity index is 1330. The van der Waals surface area contributed by atoms with E-state index in [0.29, 0.717) is 11.3 Å². The molecule has 3 aromatic carbocycles. The number of nitrogens with one attached hydrogen (secondary N) is 2. The fraction of sp³-hybridized carbons (Fsp3) is 0.364. The number of benzene rings is 3. The van der Waals surface area contributed by atoms with E-state index >= 15 is 0 Å². The molecule has 8 nitrogen and oxygen atoms in total. The molecule has 0 spiro atoms. The first kappa shape index (κ1) is 31.2. The molecule has 218 valence electrons. The SMILES string of the molecule is Cc1cccc(C)c1NC(=O)C(c1ccc(O)cc1)N(C(=O)C(Cc1ccccc1)NC(=O)OC(C)(C)C)C(C)C. The van der Waals surface area contributed by atoms with Crippen LogP contribution in [0.15, 0.2) is 72.8 Å². The zero-order chi connectivity index (χ0) is 30.3. The number of phenols is 1. The average molecular weight is 560 g/mol. The molecule has 2 unspecified atom stereocenters. The zero-order valence-electron chi connectivity index (χ0n) is 24.9. The van der Waals surface area contributed by atoms with E-state index < -0.39 is 41.6 Å². The van der Waals surface area contributed by atoms with Gasteiger partial charge >= 0.3 is 6.09 Å². The summed E-state index contributed by atoms with van der Waals surface area (Å²) in [6.07, 6.45) is -0.528. The van der Waals surface area contributed by atoms with Gasteiger partial charge in [-0.05, 0) is 82.9 Å². The highest BCUT2D eigenvalue weighted by Gasteiger charge is 2.38. The molecule has 0 fully saturated rings. The first-order chi connectivity index (χ1) is 19.3. The van der Waals surface area contributed by atoms with Crippen molar-refractivity contribution in [1.29, 1.82) is 0 Å². The number of rotatable bonds is 9. The van der Waals surface area contributed by atoms with E-state index in [1.54, 1.807) is 32.9 Å². The summed E-state index contributed by atoms with van der Waals surface area (Å²) in [5.74, 6) is -0.811. The number of anilines is 1. The minimum atomic E-state index is -1.05. The molecule has 0 aliphatic rings. The highest BCUT2D eigenvalue weighted by atomic mass is 16.6. The van der Waals surface area contributed by atoms with E-state index in [1.807, 2.05) is 76.2 Å². The molecule has 0 aliphatic carbocycles. The summed E-state index contributed by atoms with van der Waals surface area (Å²) in [6, 6.07) is 18.8. The summed E-state index contributed by atoms with van der Waals surface area (Å²) in [6.45, 7) is 12.7. The number of alkyl carbamates (subject to hydrolysis) is 1. The van der Waals surface area contributed by atoms with Gasteiger partial charge in [-0.25, -0.2) is 4.79 Å². The quantitative estimate of drug-likeness (QED) is 0.295. The summed E-state index contributed by atoms with van der Waals surface area (Å²) in [4.78, 5) is 42.8. The lowest BCUT2D eigenvalue weighted by molar-refractivity contribution is -0.142. The number of aryl methyl sites for hydroxylation is 2. The molecular formula is C33H41N3O5. The maximum absolute atomic E-state index is 14.4. The van der Waals surface area contributed by atoms with Crippen LogP contribution >= 0.6 is 0 Å². The second-order valence-electron chi connectivity index (χ2n) is 11.5. The molecule has 8 heteroatoms. The topological polar surface area (TPSA) is 108 Å². The van der Waals surface area contributed by atoms with E-state index in [0.717, 1.165) is 16.7 Å². The van der Waals surface area contributed by atoms with Crippen molar-refractivity contribution < 1.29 is 24.2 Å². The highest BCUT2D eigenvalue weighted by molar-refractivity contribution is 6.00. The molecule has 0 aromatic heterocycles. The third-order valence-corrected chi connectivity index (χ3v) is 6.55. The summed E-state index contributed by atoms with van der Waals surface area (Å²) < 4.78 is 5.48. The van der Waals surface area contributed by atoms with Crippen molar-refractivity contribution in [2.45, 2.75) is 78.6 Å². The third kappa shape index (κ3) is 8.58. The Morgan fingerprint density at radius 1 is 0.878 bits per heavy atom. The molecule has 3 aromatic rings. The van der Waals surface area contributed by atoms with Crippen molar-refractivity contribution in [3.63, 3.8) is 0 Å². The van der Waals surface area contributed by atoms with Gasteiger partial charge in [-0.15, -0.1) is 0 Å². The third-order valence-electron chi connectivity index (χ3n) is 6.55. The lowest BCUT2D eigenvalue weighted by Gasteiger charge is -2.37. The van der Waals surface area contributed by atoms with Gasteiger partial charge in [0.2, 0.25) is 5.91 Å². The van der Waals surface area contributed by atoms with Crippen LogP contribution in [-0.4, -0.2) is 45.6 Å². The number of hydrogen-bond acceptors (Lipinski definition) is 5. The van der Waals surface area contributed by atoms with Crippen LogP contribution in [0.5, 0.6) is 5.75 Å². The number of ether oxygens (including phenoxy) is 1. The molecule has 3 amide bonds. The van der Waals surface area contributed by atoms with Crippen molar-refractivity contribution in [3.05, 3.63) is 95.1 Å². The summed E-state index contributed by atoms with van der Waals surface area (Å²) in [7, 11) is 0. The van der Waals surface area contributed by atoms with Crippen molar-refractivity contribution in [2.75, 3.05) is 5.32 Å². The Balaban J connectivity index is 2.07. The summed E-state index contributed by atoms with van der Waals surface area (Å²) in [5, 5.41) is 15.7. The predicted octanol–water partition coefficient (Wildman–Crippen LogP) is 6.06. The van der Waals surface area contributed by atoms with E-state index in [-0.39, 0.29) is 12.2 Å². The molecule has 3 N–H and O–H groups in total. The monoisotopic (exact) mass is 559 g/mol. The van der Waals surface area contributed by atoms with Gasteiger partial charge in [-0.3, -0.25) is 9.59 Å². The molecule has 41 heavy (non-hydrogen) atoms. The van der Waals surface area contributed by atoms with Crippen molar-refractivity contribution in [2.24, 2.45) is 0 Å². The number of amides is 3. The standard InChI is InChI=1S/C33H41N3O5/c1-21(2)36(31(39)27(20-24-14-9-8-10-15-24)34-32(40)41-33(5,6)7)29(25-16-18-26(37)19-17-25)30(38)35-28-22(3)12-11-13-23(28)4/h8-19,21,27,29,37H,20H2,1-7H3,(H,34,40)(H,35,38). The van der Waals surface area contributed by atoms with E-state index in [4.69, 9.17) is 4.74 Å². The van der Waals surface area contributed by atoms with Gasteiger partial charge < -0.3 is 25.4 Å². The minimum absolute atomic E-state index is 0.0404. The Hall–Kier alpha value is -4.33. The largest absolute Gasteiger partial charge is 0.508 e. The molecule has 0 saturated heterocycles. The average Bonchev–Trinajstić information content (AvgIpc) is 2.88. The van der Waals surface area contributed by atoms with Crippen LogP contribution in [0.2, 0.25) is 0 Å². The fourth-order valence-corrected chi connectivity index (χ4v) is 4.66. The first-order valence-corrected chi connectivity index (χ1v) is 13.8. The fourth-order valence-electron chi connectivity index (χ4n) is 4.66. The molecular weight excluding hydrogens is 518 g/mol. The van der Waals surface area contributed by atoms with Crippen LogP contribution in [0.3, 0.4) is 0 Å². The van der Waals surface area contributed by atoms with E-state index in [2.05, 4.69) is 10.6 Å². The number of aromatic hydroxyl groups is 1. The maximum atomic E-state index is 14.4. The minimum Gasteiger partial charge on any atom is -0.508 e. The molecule has 0 aliphatic heterocycles. The maximum Gasteiger partial charge on any atom is 0.408 e. The Labute approximate surface area is 242 Å². The van der Waals surface area contributed by atoms with Crippen LogP contribution in [0, 0.1) is 13.8 Å². The van der Waals surface area contributed by atoms with E-state index in [1.165, 1.54) is 17.0 Å². The second-order valence-corrected chi connectivity index (χ2v) is 11.5. The van der Waals surface area contributed by atoms with Gasteiger partial charge in [0, 0.05) is 18.2 Å². The van der Waals surface area contributed by atoms with Crippen LogP contribution < -0.4 is 10.6 Å². The molecule has 0 heterocycles. The number of carbonyl (C=O) groups excluding carboxylic acids is 3. The Kier molecular flexibility index (Phi) is 10.2. The molecule has 0 bridgehead atoms. The lowest BCUT2D eigenvalue weighted by Crippen LogP contribution is -2.55. The van der Waals surface area contributed by atoms with Gasteiger partial charge in [0.15, 0.2) is 0 Å². The molecule has 2 atom stereocenters. The van der Waals surface area contributed by atoms with Crippen molar-refractivity contribution >= 4 is 23.6 Å². The van der Waals surface area contributed by atoms with E-state index in [9.17, 15) is 19.5 Å². The zero-order valence-corrected chi connectivity index (χ0v) is 24.9. The number of nitrogens with zero attached hydrogens (tertiary/aromatic N) is 1. The predicted molar refractivity (Wildman–Crippen MR) is 161 cm³/mol. The van der Waals surface area contributed by atoms with Gasteiger partial charge in [0.25, 0.3) is 5.91 Å². The number of phenolic OH excluding ortho intramolecular Hbond substituents is 1. The molecule has 0 saturated carbocycles. The van der Waals surface area contributed by atoms with Crippen LogP contribution in [0.25, 0.3) is 0 Å². The summed E-state index contributed by atoms with van der Waals surface area (Å²) in [5.41, 5.74) is 3.04. The Morgan fingerprint density at radius 3 is 2.00 bits per heavy atom. The lowest BCUT2D eigenvalue weighted by atomic mass is 9.98. The van der Waals surface area contributed by atoms with Crippen LogP contribution in [0.1, 0.15) is 62.9 Å². The number of para-hydroxylation sites is 1. The van der Waals surface area contributed by atoms with Crippen molar-refractivity contribution in [3.8, 4) is 5.75 Å². The van der Waals surface area contributed by atoms with Gasteiger partial charge in [-0.1, -0.05) is 60.7 Å². The van der Waals surface area contributed by atoms with Gasteiger partial charge in [0.1, 0.15) is 23.4 Å². The Morgan fingerprint density at radius 2 is 1.46 bits per heavy atom. The molecule has 0 radical (unpaired) electrons. The molecule has 3 rings (SSSR count). The van der Waals surface area contributed by atoms with Crippen LogP contribution in [-0.2, 0) is 20.7 Å². The number of carbonyl (C=O) groups is 3. The second kappa shape index (κ2) is 13.4.